The fourth-order valence-electron chi connectivity index (χ4n) is 1.68. The number of carbonyl (C=O) groups excluding carboxylic acids is 2. The zero-order valence-corrected chi connectivity index (χ0v) is 10.5. The van der Waals surface area contributed by atoms with E-state index in [9.17, 15) is 18.0 Å². The molecular formula is C9H17N3O4S. The molecule has 0 saturated carbocycles. The Labute approximate surface area is 100 Å². The number of rotatable bonds is 6. The van der Waals surface area contributed by atoms with E-state index in [0.717, 1.165) is 0 Å². The highest BCUT2D eigenvalue weighted by molar-refractivity contribution is 7.89. The summed E-state index contributed by atoms with van der Waals surface area (Å²) in [6.07, 6.45) is 0.796. The highest BCUT2D eigenvalue weighted by Crippen LogP contribution is 2.13. The second-order valence-electron chi connectivity index (χ2n) is 3.96. The van der Waals surface area contributed by atoms with Gasteiger partial charge in [0.05, 0.1) is 18.2 Å². The van der Waals surface area contributed by atoms with Gasteiger partial charge in [-0.15, -0.1) is 0 Å². The number of nitrogens with one attached hydrogen (secondary N) is 1. The molecule has 0 radical (unpaired) electrons. The Kier molecular flexibility index (Phi) is 4.61. The Morgan fingerprint density at radius 3 is 2.65 bits per heavy atom. The number of hydrogen-bond acceptors (Lipinski definition) is 5. The third-order valence-corrected chi connectivity index (χ3v) is 3.24. The van der Waals surface area contributed by atoms with Gasteiger partial charge in [-0.25, -0.2) is 13.6 Å². The van der Waals surface area contributed by atoms with Crippen LogP contribution in [0.2, 0.25) is 0 Å². The number of carbonyl (C=O) groups is 2. The van der Waals surface area contributed by atoms with Crippen LogP contribution in [0.1, 0.15) is 19.8 Å². The van der Waals surface area contributed by atoms with Crippen molar-refractivity contribution in [1.82, 2.24) is 10.2 Å². The molecule has 0 aliphatic carbocycles. The first-order valence-electron chi connectivity index (χ1n) is 5.43. The summed E-state index contributed by atoms with van der Waals surface area (Å²) in [5.74, 6) is -0.755. The molecule has 1 rings (SSSR count). The maximum atomic E-state index is 11.7. The van der Waals surface area contributed by atoms with Gasteiger partial charge in [0.1, 0.15) is 0 Å². The zero-order chi connectivity index (χ0) is 13.1. The van der Waals surface area contributed by atoms with E-state index in [1.165, 1.54) is 4.90 Å². The molecule has 1 aliphatic heterocycles. The summed E-state index contributed by atoms with van der Waals surface area (Å²) in [7, 11) is -3.54. The number of imide groups is 1. The predicted molar refractivity (Wildman–Crippen MR) is 61.4 cm³/mol. The molecule has 1 unspecified atom stereocenters. The molecule has 1 heterocycles. The van der Waals surface area contributed by atoms with E-state index in [0.29, 0.717) is 13.0 Å². The Morgan fingerprint density at radius 1 is 1.47 bits per heavy atom. The predicted octanol–water partition coefficient (Wildman–Crippen LogP) is -1.60. The Balaban J connectivity index is 2.47. The van der Waals surface area contributed by atoms with E-state index in [1.54, 1.807) is 0 Å². The third-order valence-electron chi connectivity index (χ3n) is 2.47. The van der Waals surface area contributed by atoms with E-state index >= 15 is 0 Å². The Bertz CT molecular complexity index is 406. The van der Waals surface area contributed by atoms with Crippen LogP contribution in [0.3, 0.4) is 0 Å². The first kappa shape index (κ1) is 14.1. The average molecular weight is 263 g/mol. The number of nitrogens with two attached hydrogens (primary N) is 1. The lowest BCUT2D eigenvalue weighted by molar-refractivity contribution is -0.138. The summed E-state index contributed by atoms with van der Waals surface area (Å²) in [5, 5.41) is 7.56. The van der Waals surface area contributed by atoms with E-state index in [2.05, 4.69) is 5.32 Å². The van der Waals surface area contributed by atoms with Crippen LogP contribution in [-0.2, 0) is 19.6 Å². The molecule has 1 aliphatic rings. The van der Waals surface area contributed by atoms with Gasteiger partial charge in [0.25, 0.3) is 0 Å². The van der Waals surface area contributed by atoms with Crippen LogP contribution in [0.5, 0.6) is 0 Å². The molecule has 0 bridgehead atoms. The van der Waals surface area contributed by atoms with Gasteiger partial charge in [-0.2, -0.15) is 0 Å². The number of hydrogen-bond donors (Lipinski definition) is 2. The van der Waals surface area contributed by atoms with Gasteiger partial charge >= 0.3 is 0 Å². The smallest absolute Gasteiger partial charge is 0.246 e. The number of amides is 2. The van der Waals surface area contributed by atoms with Crippen molar-refractivity contribution in [3.05, 3.63) is 0 Å². The quantitative estimate of drug-likeness (QED) is 0.561. The minimum atomic E-state index is -3.54. The average Bonchev–Trinajstić information content (AvgIpc) is 2.45. The second-order valence-corrected chi connectivity index (χ2v) is 5.70. The highest BCUT2D eigenvalue weighted by Gasteiger charge is 2.37. The number of sulfonamides is 1. The molecule has 0 spiro atoms. The van der Waals surface area contributed by atoms with Crippen LogP contribution in [0.15, 0.2) is 0 Å². The number of likely N-dealkylation sites (tertiary alicyclic amines) is 1. The van der Waals surface area contributed by atoms with Crippen molar-refractivity contribution >= 4 is 21.8 Å². The molecule has 0 aromatic rings. The lowest BCUT2D eigenvalue weighted by Gasteiger charge is -2.13. The minimum Gasteiger partial charge on any atom is -0.304 e. The molecule has 98 valence electrons. The van der Waals surface area contributed by atoms with Crippen LogP contribution in [0.4, 0.5) is 0 Å². The summed E-state index contributed by atoms with van der Waals surface area (Å²) in [4.78, 5) is 24.4. The summed E-state index contributed by atoms with van der Waals surface area (Å²) in [6, 6.07) is -0.615. The highest BCUT2D eigenvalue weighted by atomic mass is 32.2. The van der Waals surface area contributed by atoms with Gasteiger partial charge < -0.3 is 5.32 Å². The van der Waals surface area contributed by atoms with Crippen molar-refractivity contribution in [2.24, 2.45) is 5.14 Å². The van der Waals surface area contributed by atoms with E-state index < -0.39 is 16.1 Å². The monoisotopic (exact) mass is 263 g/mol. The third kappa shape index (κ3) is 4.06. The molecule has 0 aromatic heterocycles. The van der Waals surface area contributed by atoms with Gasteiger partial charge in [-0.3, -0.25) is 14.5 Å². The van der Waals surface area contributed by atoms with Crippen molar-refractivity contribution in [3.63, 3.8) is 0 Å². The molecule has 7 nitrogen and oxygen atoms in total. The minimum absolute atomic E-state index is 0.0719. The van der Waals surface area contributed by atoms with Crippen LogP contribution < -0.4 is 10.5 Å². The molecule has 1 fully saturated rings. The Hall–Kier alpha value is -0.990. The standard InChI is InChI=1S/C9H17N3O4S/c1-2-4-12-8(13)6-7(9(12)14)11-3-5-17(10,15)16/h7,11H,2-6H2,1H3,(H2,10,15,16). The maximum absolute atomic E-state index is 11.7. The topological polar surface area (TPSA) is 110 Å². The van der Waals surface area contributed by atoms with Crippen molar-refractivity contribution in [2.45, 2.75) is 25.8 Å². The van der Waals surface area contributed by atoms with E-state index in [1.807, 2.05) is 6.92 Å². The number of nitrogens with zero attached hydrogens (tertiary/aromatic N) is 1. The van der Waals surface area contributed by atoms with Gasteiger partial charge in [-0.05, 0) is 6.42 Å². The molecular weight excluding hydrogens is 246 g/mol. The van der Waals surface area contributed by atoms with Crippen LogP contribution >= 0.6 is 0 Å². The van der Waals surface area contributed by atoms with E-state index in [-0.39, 0.29) is 30.5 Å². The second kappa shape index (κ2) is 5.56. The molecule has 2 amide bonds. The molecule has 17 heavy (non-hydrogen) atoms. The number of primary sulfonamides is 1. The van der Waals surface area contributed by atoms with Gasteiger partial charge in [-0.1, -0.05) is 6.92 Å². The van der Waals surface area contributed by atoms with Crippen molar-refractivity contribution < 1.29 is 18.0 Å². The first-order valence-corrected chi connectivity index (χ1v) is 7.14. The van der Waals surface area contributed by atoms with Crippen molar-refractivity contribution in [1.29, 1.82) is 0 Å². The lowest BCUT2D eigenvalue weighted by Crippen LogP contribution is -2.41. The van der Waals surface area contributed by atoms with Crippen molar-refractivity contribution in [3.8, 4) is 0 Å². The molecule has 8 heteroatoms. The maximum Gasteiger partial charge on any atom is 0.246 e. The normalized spacial score (nSPS) is 21.3. The van der Waals surface area contributed by atoms with Crippen LogP contribution in [0.25, 0.3) is 0 Å². The Morgan fingerprint density at radius 2 is 2.12 bits per heavy atom. The van der Waals surface area contributed by atoms with E-state index in [4.69, 9.17) is 5.14 Å². The van der Waals surface area contributed by atoms with Gasteiger partial charge in [0.15, 0.2) is 0 Å². The molecule has 1 saturated heterocycles. The molecule has 3 N–H and O–H groups in total. The van der Waals surface area contributed by atoms with Crippen LogP contribution in [-0.4, -0.2) is 50.0 Å². The lowest BCUT2D eigenvalue weighted by atomic mass is 10.2. The SMILES string of the molecule is CCCN1C(=O)CC(NCCS(N)(=O)=O)C1=O. The fourth-order valence-corrected chi connectivity index (χ4v) is 2.08. The van der Waals surface area contributed by atoms with Crippen LogP contribution in [0, 0.1) is 0 Å². The summed E-state index contributed by atoms with van der Waals surface area (Å²) in [6.45, 7) is 2.36. The summed E-state index contributed by atoms with van der Waals surface area (Å²) >= 11 is 0. The summed E-state index contributed by atoms with van der Waals surface area (Å²) in [5.41, 5.74) is 0. The largest absolute Gasteiger partial charge is 0.304 e. The fraction of sp³-hybridized carbons (Fsp3) is 0.778. The molecule has 0 aromatic carbocycles. The van der Waals surface area contributed by atoms with Gasteiger partial charge in [0.2, 0.25) is 21.8 Å². The zero-order valence-electron chi connectivity index (χ0n) is 9.68. The molecule has 1 atom stereocenters. The van der Waals surface area contributed by atoms with Gasteiger partial charge in [0, 0.05) is 13.1 Å². The first-order chi connectivity index (χ1) is 7.85. The van der Waals surface area contributed by atoms with Crippen molar-refractivity contribution in [2.75, 3.05) is 18.8 Å². The summed E-state index contributed by atoms with van der Waals surface area (Å²) < 4.78 is 21.4.